The second kappa shape index (κ2) is 5.21. The minimum Gasteiger partial charge on any atom is -0.490 e. The third-order valence-electron chi connectivity index (χ3n) is 2.34. The first-order valence-electron chi connectivity index (χ1n) is 5.31. The molecule has 0 aromatic heterocycles. The van der Waals surface area contributed by atoms with Crippen LogP contribution in [0.5, 0.6) is 0 Å². The van der Waals surface area contributed by atoms with Crippen molar-refractivity contribution in [3.05, 3.63) is 41.7 Å². The first-order valence-corrected chi connectivity index (χ1v) is 6.30. The van der Waals surface area contributed by atoms with Gasteiger partial charge >= 0.3 is 0 Å². The summed E-state index contributed by atoms with van der Waals surface area (Å²) in [5.41, 5.74) is 1.22. The smallest absolute Gasteiger partial charge is 0.207 e. The van der Waals surface area contributed by atoms with Crippen molar-refractivity contribution >= 4 is 17.5 Å². The summed E-state index contributed by atoms with van der Waals surface area (Å²) in [6, 6.07) is 8.17. The van der Waals surface area contributed by atoms with Crippen LogP contribution in [0.15, 0.2) is 41.0 Å². The number of allylic oxidation sites excluding steroid dienone is 1. The first kappa shape index (κ1) is 11.3. The van der Waals surface area contributed by atoms with Gasteiger partial charge in [0.25, 0.3) is 0 Å². The molecule has 0 N–H and O–H groups in total. The minimum atomic E-state index is 0.0870. The number of ether oxygens (including phenoxy) is 1. The molecule has 0 amide bonds. The Kier molecular flexibility index (Phi) is 3.67. The van der Waals surface area contributed by atoms with E-state index in [4.69, 9.17) is 4.74 Å². The lowest BCUT2D eigenvalue weighted by atomic mass is 10.2. The van der Waals surface area contributed by atoms with E-state index < -0.39 is 0 Å². The Morgan fingerprint density at radius 1 is 1.50 bits per heavy atom. The number of rotatable bonds is 4. The highest BCUT2D eigenvalue weighted by atomic mass is 32.2. The molecule has 1 aromatic rings. The van der Waals surface area contributed by atoms with Gasteiger partial charge in [-0.25, -0.2) is 0 Å². The number of benzene rings is 1. The summed E-state index contributed by atoms with van der Waals surface area (Å²) in [6.45, 7) is 2.70. The van der Waals surface area contributed by atoms with Gasteiger partial charge in [-0.3, -0.25) is 4.79 Å². The van der Waals surface area contributed by atoms with Crippen molar-refractivity contribution in [3.8, 4) is 0 Å². The van der Waals surface area contributed by atoms with Gasteiger partial charge in [0.2, 0.25) is 5.78 Å². The van der Waals surface area contributed by atoms with E-state index in [0.717, 1.165) is 11.3 Å². The molecule has 0 bridgehead atoms. The van der Waals surface area contributed by atoms with E-state index in [1.807, 2.05) is 18.2 Å². The quantitative estimate of drug-likeness (QED) is 0.749. The van der Waals surface area contributed by atoms with Crippen molar-refractivity contribution in [2.75, 3.05) is 12.4 Å². The highest BCUT2D eigenvalue weighted by Crippen LogP contribution is 2.21. The molecule has 16 heavy (non-hydrogen) atoms. The van der Waals surface area contributed by atoms with E-state index in [1.165, 1.54) is 5.56 Å². The van der Waals surface area contributed by atoms with Gasteiger partial charge in [-0.1, -0.05) is 17.7 Å². The molecular weight excluding hydrogens is 220 g/mol. The van der Waals surface area contributed by atoms with Gasteiger partial charge in [0.1, 0.15) is 0 Å². The zero-order chi connectivity index (χ0) is 11.4. The largest absolute Gasteiger partial charge is 0.490 e. The summed E-state index contributed by atoms with van der Waals surface area (Å²) >= 11 is 1.56. The van der Waals surface area contributed by atoms with Crippen LogP contribution in [0.1, 0.15) is 12.0 Å². The van der Waals surface area contributed by atoms with Gasteiger partial charge in [-0.05, 0) is 25.1 Å². The molecule has 3 heteroatoms. The maximum atomic E-state index is 11.7. The molecule has 84 valence electrons. The molecular formula is C13H14O2S. The molecule has 0 aliphatic carbocycles. The lowest BCUT2D eigenvalue weighted by molar-refractivity contribution is -0.116. The Hall–Kier alpha value is -1.22. The van der Waals surface area contributed by atoms with Crippen LogP contribution in [0, 0.1) is 6.92 Å². The molecule has 1 aliphatic heterocycles. The Morgan fingerprint density at radius 3 is 3.06 bits per heavy atom. The van der Waals surface area contributed by atoms with Crippen molar-refractivity contribution in [1.29, 1.82) is 0 Å². The standard InChI is InChI=1S/C13H14O2S/c1-10-4-2-5-11(8-10)16-9-12(14)13-6-3-7-15-13/h2,4-6,8H,3,7,9H2,1H3. The maximum absolute atomic E-state index is 11.7. The van der Waals surface area contributed by atoms with Crippen LogP contribution in [0.25, 0.3) is 0 Å². The summed E-state index contributed by atoms with van der Waals surface area (Å²) in [7, 11) is 0. The Bertz CT molecular complexity index is 424. The minimum absolute atomic E-state index is 0.0870. The molecule has 0 radical (unpaired) electrons. The number of aryl methyl sites for hydroxylation is 1. The number of ketones is 1. The van der Waals surface area contributed by atoms with Gasteiger partial charge in [0.05, 0.1) is 12.4 Å². The number of carbonyl (C=O) groups excluding carboxylic acids is 1. The third kappa shape index (κ3) is 2.89. The summed E-state index contributed by atoms with van der Waals surface area (Å²) in [4.78, 5) is 12.8. The van der Waals surface area contributed by atoms with Crippen LogP contribution >= 0.6 is 11.8 Å². The van der Waals surface area contributed by atoms with Crippen LogP contribution in [-0.2, 0) is 9.53 Å². The molecule has 0 spiro atoms. The summed E-state index contributed by atoms with van der Waals surface area (Å²) in [5, 5.41) is 0. The normalized spacial score (nSPS) is 14.4. The van der Waals surface area contributed by atoms with Crippen molar-refractivity contribution in [2.45, 2.75) is 18.2 Å². The summed E-state index contributed by atoms with van der Waals surface area (Å²) < 4.78 is 5.23. The predicted molar refractivity (Wildman–Crippen MR) is 65.6 cm³/mol. The molecule has 1 heterocycles. The SMILES string of the molecule is Cc1cccc(SCC(=O)C2=CCCO2)c1. The first-order chi connectivity index (χ1) is 7.75. The maximum Gasteiger partial charge on any atom is 0.207 e. The number of carbonyl (C=O) groups is 1. The monoisotopic (exact) mass is 234 g/mol. The molecule has 0 fully saturated rings. The summed E-state index contributed by atoms with van der Waals surface area (Å²) in [5.74, 6) is 1.08. The number of Topliss-reactive ketones (excluding diaryl/α,β-unsaturated/α-hetero) is 1. The van der Waals surface area contributed by atoms with Gasteiger partial charge in [0.15, 0.2) is 5.76 Å². The van der Waals surface area contributed by atoms with E-state index in [2.05, 4.69) is 19.1 Å². The van der Waals surface area contributed by atoms with Crippen molar-refractivity contribution in [1.82, 2.24) is 0 Å². The van der Waals surface area contributed by atoms with Crippen molar-refractivity contribution < 1.29 is 9.53 Å². The average molecular weight is 234 g/mol. The fourth-order valence-corrected chi connectivity index (χ4v) is 2.42. The second-order valence-corrected chi connectivity index (χ2v) is 4.78. The fourth-order valence-electron chi connectivity index (χ4n) is 1.54. The van der Waals surface area contributed by atoms with Crippen LogP contribution < -0.4 is 0 Å². The molecule has 0 saturated heterocycles. The predicted octanol–water partition coefficient (Wildman–Crippen LogP) is 2.96. The molecule has 0 unspecified atom stereocenters. The van der Waals surface area contributed by atoms with Gasteiger partial charge in [0, 0.05) is 11.3 Å². The Balaban J connectivity index is 1.90. The second-order valence-electron chi connectivity index (χ2n) is 3.73. The molecule has 1 aromatic carbocycles. The average Bonchev–Trinajstić information content (AvgIpc) is 2.79. The van der Waals surface area contributed by atoms with Crippen LogP contribution in [0.2, 0.25) is 0 Å². The zero-order valence-electron chi connectivity index (χ0n) is 9.23. The number of thioether (sulfide) groups is 1. The Labute approximate surface area is 99.7 Å². The third-order valence-corrected chi connectivity index (χ3v) is 3.33. The molecule has 0 atom stereocenters. The van der Waals surface area contributed by atoms with E-state index in [1.54, 1.807) is 11.8 Å². The van der Waals surface area contributed by atoms with Crippen molar-refractivity contribution in [3.63, 3.8) is 0 Å². The van der Waals surface area contributed by atoms with Crippen LogP contribution in [0.3, 0.4) is 0 Å². The number of hydrogen-bond acceptors (Lipinski definition) is 3. The Morgan fingerprint density at radius 2 is 2.38 bits per heavy atom. The highest BCUT2D eigenvalue weighted by Gasteiger charge is 2.14. The lowest BCUT2D eigenvalue weighted by Crippen LogP contribution is -2.05. The molecule has 2 rings (SSSR count). The summed E-state index contributed by atoms with van der Waals surface area (Å²) in [6.07, 6.45) is 2.73. The van der Waals surface area contributed by atoms with Gasteiger partial charge in [-0.15, -0.1) is 11.8 Å². The molecule has 1 aliphatic rings. The van der Waals surface area contributed by atoms with E-state index in [-0.39, 0.29) is 5.78 Å². The van der Waals surface area contributed by atoms with E-state index >= 15 is 0 Å². The fraction of sp³-hybridized carbons (Fsp3) is 0.308. The molecule has 0 saturated carbocycles. The van der Waals surface area contributed by atoms with Crippen LogP contribution in [-0.4, -0.2) is 18.1 Å². The molecule has 2 nitrogen and oxygen atoms in total. The number of hydrogen-bond donors (Lipinski definition) is 0. The highest BCUT2D eigenvalue weighted by molar-refractivity contribution is 8.00. The van der Waals surface area contributed by atoms with Crippen LogP contribution in [0.4, 0.5) is 0 Å². The zero-order valence-corrected chi connectivity index (χ0v) is 10.0. The van der Waals surface area contributed by atoms with E-state index in [0.29, 0.717) is 18.1 Å². The van der Waals surface area contributed by atoms with E-state index in [9.17, 15) is 4.79 Å². The van der Waals surface area contributed by atoms with Crippen molar-refractivity contribution in [2.24, 2.45) is 0 Å². The topological polar surface area (TPSA) is 26.3 Å². The van der Waals surface area contributed by atoms with Gasteiger partial charge in [-0.2, -0.15) is 0 Å². The lowest BCUT2D eigenvalue weighted by Gasteiger charge is -2.03. The van der Waals surface area contributed by atoms with Gasteiger partial charge < -0.3 is 4.74 Å².